The van der Waals surface area contributed by atoms with Crippen LogP contribution in [0, 0.1) is 11.8 Å². The molecule has 2 rings (SSSR count). The lowest BCUT2D eigenvalue weighted by molar-refractivity contribution is -0.141. The van der Waals surface area contributed by atoms with Gasteiger partial charge in [0.2, 0.25) is 0 Å². The predicted octanol–water partition coefficient (Wildman–Crippen LogP) is 0.671. The fourth-order valence-electron chi connectivity index (χ4n) is 1.84. The molecule has 0 spiro atoms. The number of carbonyl (C=O) groups excluding carboxylic acids is 1. The highest BCUT2D eigenvalue weighted by Gasteiger charge is 2.51. The summed E-state index contributed by atoms with van der Waals surface area (Å²) in [5.41, 5.74) is 0. The number of allylic oxidation sites excluding steroid dienone is 1. The minimum atomic E-state index is -0.160. The molecule has 1 saturated heterocycles. The van der Waals surface area contributed by atoms with Gasteiger partial charge in [0.25, 0.3) is 0 Å². The largest absolute Gasteiger partial charge is 0.431 e. The molecule has 3 unspecified atom stereocenters. The zero-order chi connectivity index (χ0) is 8.72. The van der Waals surface area contributed by atoms with Gasteiger partial charge >= 0.3 is 5.97 Å². The maximum atomic E-state index is 11.3. The molecule has 0 aromatic heterocycles. The average molecular weight is 167 g/mol. The summed E-state index contributed by atoms with van der Waals surface area (Å²) < 4.78 is 4.94. The van der Waals surface area contributed by atoms with E-state index in [2.05, 4.69) is 11.9 Å². The molecule has 66 valence electrons. The molecule has 1 heterocycles. The third-order valence-corrected chi connectivity index (χ3v) is 2.53. The molecule has 0 radical (unpaired) electrons. The zero-order valence-electron chi connectivity index (χ0n) is 7.17. The van der Waals surface area contributed by atoms with Gasteiger partial charge in [-0.3, -0.25) is 0 Å². The van der Waals surface area contributed by atoms with Crippen LogP contribution in [-0.4, -0.2) is 18.6 Å². The Labute approximate surface area is 71.8 Å². The fraction of sp³-hybridized carbons (Fsp3) is 0.667. The van der Waals surface area contributed by atoms with E-state index in [9.17, 15) is 4.79 Å². The molecule has 1 N–H and O–H groups in total. The Balaban J connectivity index is 1.91. The molecule has 0 amide bonds. The van der Waals surface area contributed by atoms with Crippen LogP contribution in [0.2, 0.25) is 0 Å². The number of piperidine rings is 1. The van der Waals surface area contributed by atoms with Crippen molar-refractivity contribution in [1.82, 2.24) is 5.32 Å². The van der Waals surface area contributed by atoms with Crippen molar-refractivity contribution in [3.05, 3.63) is 12.3 Å². The molecule has 3 atom stereocenters. The minimum absolute atomic E-state index is 0.0632. The number of carbonyl (C=O) groups is 1. The quantitative estimate of drug-likeness (QED) is 0.485. The second kappa shape index (κ2) is 2.59. The smallest absolute Gasteiger partial charge is 0.328 e. The number of fused-ring (bicyclic) bond motifs is 1. The van der Waals surface area contributed by atoms with Crippen molar-refractivity contribution in [2.75, 3.05) is 6.54 Å². The van der Waals surface area contributed by atoms with Crippen LogP contribution in [0.5, 0.6) is 0 Å². The molecule has 2 aliphatic rings. The lowest BCUT2D eigenvalue weighted by Gasteiger charge is -2.11. The van der Waals surface area contributed by atoms with Gasteiger partial charge in [0.1, 0.15) is 6.04 Å². The van der Waals surface area contributed by atoms with E-state index in [4.69, 9.17) is 4.74 Å². The molecule has 1 aliphatic carbocycles. The highest BCUT2D eigenvalue weighted by molar-refractivity contribution is 5.78. The highest BCUT2D eigenvalue weighted by Crippen LogP contribution is 2.45. The summed E-state index contributed by atoms with van der Waals surface area (Å²) in [5, 5.41) is 3.15. The van der Waals surface area contributed by atoms with Crippen LogP contribution < -0.4 is 5.32 Å². The van der Waals surface area contributed by atoms with Gasteiger partial charge in [-0.15, -0.1) is 0 Å². The number of hydrogen-bond donors (Lipinski definition) is 1. The Morgan fingerprint density at radius 2 is 2.42 bits per heavy atom. The summed E-state index contributed by atoms with van der Waals surface area (Å²) in [6.45, 7) is 6.20. The number of esters is 1. The van der Waals surface area contributed by atoms with Crippen LogP contribution >= 0.6 is 0 Å². The maximum Gasteiger partial charge on any atom is 0.328 e. The molecule has 2 fully saturated rings. The first-order valence-electron chi connectivity index (χ1n) is 4.29. The van der Waals surface area contributed by atoms with E-state index < -0.39 is 0 Å². The predicted molar refractivity (Wildman–Crippen MR) is 44.3 cm³/mol. The van der Waals surface area contributed by atoms with Crippen molar-refractivity contribution in [3.8, 4) is 0 Å². The second-order valence-electron chi connectivity index (χ2n) is 3.67. The van der Waals surface area contributed by atoms with Crippen molar-refractivity contribution in [3.63, 3.8) is 0 Å². The molecule has 12 heavy (non-hydrogen) atoms. The molecule has 1 saturated carbocycles. The van der Waals surface area contributed by atoms with Gasteiger partial charge in [0.05, 0.1) is 5.76 Å². The van der Waals surface area contributed by atoms with Gasteiger partial charge < -0.3 is 10.1 Å². The minimum Gasteiger partial charge on any atom is -0.431 e. The van der Waals surface area contributed by atoms with Crippen LogP contribution in [0.1, 0.15) is 13.3 Å². The van der Waals surface area contributed by atoms with Gasteiger partial charge in [-0.05, 0) is 31.7 Å². The monoisotopic (exact) mass is 167 g/mol. The first kappa shape index (κ1) is 7.80. The Morgan fingerprint density at radius 1 is 1.67 bits per heavy atom. The van der Waals surface area contributed by atoms with E-state index in [1.165, 1.54) is 6.42 Å². The van der Waals surface area contributed by atoms with Crippen molar-refractivity contribution in [2.45, 2.75) is 19.4 Å². The van der Waals surface area contributed by atoms with E-state index in [1.54, 1.807) is 6.92 Å². The SMILES string of the molecule is C=C(C)OC(=O)C1NCC2CC21. The number of ether oxygens (including phenoxy) is 1. The summed E-state index contributed by atoms with van der Waals surface area (Å²) in [6, 6.07) is -0.0632. The maximum absolute atomic E-state index is 11.3. The van der Waals surface area contributed by atoms with Crippen LogP contribution in [0.25, 0.3) is 0 Å². The standard InChI is InChI=1S/C9H13NO2/c1-5(2)12-9(11)8-7-3-6(7)4-10-8/h6-8,10H,1,3-4H2,2H3. The molecule has 3 nitrogen and oxygen atoms in total. The molecule has 0 aromatic carbocycles. The summed E-state index contributed by atoms with van der Waals surface area (Å²) in [6.07, 6.45) is 1.18. The Kier molecular flexibility index (Phi) is 1.68. The fourth-order valence-corrected chi connectivity index (χ4v) is 1.84. The number of nitrogens with one attached hydrogen (secondary N) is 1. The average Bonchev–Trinajstić information content (AvgIpc) is 2.61. The molecule has 3 heteroatoms. The number of rotatable bonds is 2. The van der Waals surface area contributed by atoms with Gasteiger partial charge in [-0.25, -0.2) is 4.79 Å². The van der Waals surface area contributed by atoms with Crippen molar-refractivity contribution in [1.29, 1.82) is 0 Å². The van der Waals surface area contributed by atoms with E-state index in [0.717, 1.165) is 12.5 Å². The van der Waals surface area contributed by atoms with Crippen LogP contribution in [0.3, 0.4) is 0 Å². The molecule has 0 bridgehead atoms. The van der Waals surface area contributed by atoms with E-state index >= 15 is 0 Å². The van der Waals surface area contributed by atoms with Gasteiger partial charge in [0, 0.05) is 0 Å². The lowest BCUT2D eigenvalue weighted by Crippen LogP contribution is -2.35. The van der Waals surface area contributed by atoms with Crippen LogP contribution in [0.15, 0.2) is 12.3 Å². The molecule has 1 aliphatic heterocycles. The first-order chi connectivity index (χ1) is 5.68. The van der Waals surface area contributed by atoms with Gasteiger partial charge in [-0.1, -0.05) is 6.58 Å². The van der Waals surface area contributed by atoms with E-state index in [-0.39, 0.29) is 12.0 Å². The Hall–Kier alpha value is -0.830. The lowest BCUT2D eigenvalue weighted by atomic mass is 10.2. The molecule has 0 aromatic rings. The van der Waals surface area contributed by atoms with E-state index in [1.807, 2.05) is 0 Å². The first-order valence-corrected chi connectivity index (χ1v) is 4.29. The third-order valence-electron chi connectivity index (χ3n) is 2.53. The van der Waals surface area contributed by atoms with Crippen LogP contribution in [0.4, 0.5) is 0 Å². The van der Waals surface area contributed by atoms with Crippen molar-refractivity contribution >= 4 is 5.97 Å². The Bertz CT molecular complexity index is 237. The van der Waals surface area contributed by atoms with Gasteiger partial charge in [-0.2, -0.15) is 0 Å². The van der Waals surface area contributed by atoms with Crippen LogP contribution in [-0.2, 0) is 9.53 Å². The summed E-state index contributed by atoms with van der Waals surface area (Å²) in [7, 11) is 0. The van der Waals surface area contributed by atoms with Gasteiger partial charge in [0.15, 0.2) is 0 Å². The summed E-state index contributed by atoms with van der Waals surface area (Å²) in [4.78, 5) is 11.3. The highest BCUT2D eigenvalue weighted by atomic mass is 16.5. The van der Waals surface area contributed by atoms with Crippen molar-refractivity contribution in [2.24, 2.45) is 11.8 Å². The van der Waals surface area contributed by atoms with E-state index in [0.29, 0.717) is 11.7 Å². The summed E-state index contributed by atoms with van der Waals surface area (Å²) in [5.74, 6) is 1.59. The Morgan fingerprint density at radius 3 is 2.83 bits per heavy atom. The normalized spacial score (nSPS) is 37.2. The second-order valence-corrected chi connectivity index (χ2v) is 3.67. The third kappa shape index (κ3) is 1.25. The topological polar surface area (TPSA) is 38.3 Å². The molecular weight excluding hydrogens is 154 g/mol. The molecular formula is C9H13NO2. The zero-order valence-corrected chi connectivity index (χ0v) is 7.17. The summed E-state index contributed by atoms with van der Waals surface area (Å²) >= 11 is 0. The van der Waals surface area contributed by atoms with Crippen molar-refractivity contribution < 1.29 is 9.53 Å². The number of hydrogen-bond acceptors (Lipinski definition) is 3.